The lowest BCUT2D eigenvalue weighted by Gasteiger charge is -2.29. The van der Waals surface area contributed by atoms with E-state index in [-0.39, 0.29) is 12.5 Å². The van der Waals surface area contributed by atoms with Gasteiger partial charge in [0.25, 0.3) is 0 Å². The maximum atomic E-state index is 11.5. The van der Waals surface area contributed by atoms with Crippen LogP contribution in [0, 0.1) is 0 Å². The molecule has 0 aliphatic rings. The van der Waals surface area contributed by atoms with Gasteiger partial charge in [-0.25, -0.2) is 4.57 Å². The molecular formula is C14H33N3O6P+. The second-order valence-corrected chi connectivity index (χ2v) is 7.51. The quantitative estimate of drug-likeness (QED) is 0.179. The Morgan fingerprint density at radius 2 is 1.79 bits per heavy atom. The summed E-state index contributed by atoms with van der Waals surface area (Å²) >= 11 is 0. The summed E-state index contributed by atoms with van der Waals surface area (Å²) in [5.41, 5.74) is 5.39. The molecule has 1 amide bonds. The summed E-state index contributed by atoms with van der Waals surface area (Å²) in [7, 11) is -0.550. The lowest BCUT2D eigenvalue weighted by Crippen LogP contribution is -2.44. The van der Waals surface area contributed by atoms with E-state index in [9.17, 15) is 9.36 Å². The smallest absolute Gasteiger partial charge is 0.374 e. The molecule has 5 N–H and O–H groups in total. The third-order valence-electron chi connectivity index (χ3n) is 3.47. The van der Waals surface area contributed by atoms with Gasteiger partial charge >= 0.3 is 7.82 Å². The molecule has 0 heterocycles. The highest BCUT2D eigenvalue weighted by molar-refractivity contribution is 7.46. The lowest BCUT2D eigenvalue weighted by atomic mass is 10.2. The number of likely N-dealkylation sites (N-methyl/N-ethyl adjacent to an activating group) is 1. The number of rotatable bonds is 15. The maximum absolute atomic E-state index is 11.5. The van der Waals surface area contributed by atoms with Crippen molar-refractivity contribution in [3.05, 3.63) is 0 Å². The van der Waals surface area contributed by atoms with Gasteiger partial charge in [0.2, 0.25) is 5.91 Å². The van der Waals surface area contributed by atoms with Crippen LogP contribution in [0.3, 0.4) is 0 Å². The third kappa shape index (κ3) is 16.3. The summed E-state index contributed by atoms with van der Waals surface area (Å²) in [6, 6.07) is 0. The summed E-state index contributed by atoms with van der Waals surface area (Å²) in [5, 5.41) is 2.80. The molecule has 0 unspecified atom stereocenters. The average molecular weight is 370 g/mol. The molecule has 0 saturated carbocycles. The molecule has 144 valence electrons. The number of nitrogens with two attached hydrogens (primary N) is 1. The van der Waals surface area contributed by atoms with E-state index < -0.39 is 7.82 Å². The van der Waals surface area contributed by atoms with Gasteiger partial charge in [-0.1, -0.05) is 6.42 Å². The maximum Gasteiger partial charge on any atom is 0.469 e. The van der Waals surface area contributed by atoms with E-state index in [0.29, 0.717) is 50.3 Å². The average Bonchev–Trinajstić information content (AvgIpc) is 2.45. The SMILES string of the molecule is C[N+](C)(CCOCCNC(=O)CCCCCN)CCOP(=O)(O)O. The zero-order chi connectivity index (χ0) is 18.5. The molecule has 0 spiro atoms. The molecule has 0 rings (SSSR count). The van der Waals surface area contributed by atoms with Gasteiger partial charge in [0.1, 0.15) is 19.7 Å². The molecule has 0 fully saturated rings. The van der Waals surface area contributed by atoms with E-state index >= 15 is 0 Å². The molecule has 10 heteroatoms. The number of hydrogen-bond donors (Lipinski definition) is 4. The van der Waals surface area contributed by atoms with Crippen molar-refractivity contribution >= 4 is 13.7 Å². The minimum Gasteiger partial charge on any atom is -0.374 e. The Balaban J connectivity index is 3.57. The topological polar surface area (TPSA) is 131 Å². The molecule has 24 heavy (non-hydrogen) atoms. The number of phosphoric acid groups is 1. The molecular weight excluding hydrogens is 337 g/mol. The van der Waals surface area contributed by atoms with Crippen LogP contribution in [0.5, 0.6) is 0 Å². The van der Waals surface area contributed by atoms with Crippen molar-refractivity contribution in [1.82, 2.24) is 5.32 Å². The highest BCUT2D eigenvalue weighted by Crippen LogP contribution is 2.35. The van der Waals surface area contributed by atoms with Gasteiger partial charge in [-0.15, -0.1) is 0 Å². The zero-order valence-corrected chi connectivity index (χ0v) is 15.7. The van der Waals surface area contributed by atoms with Crippen LogP contribution in [0.4, 0.5) is 0 Å². The van der Waals surface area contributed by atoms with Crippen molar-refractivity contribution in [3.63, 3.8) is 0 Å². The number of quaternary nitrogens is 1. The zero-order valence-electron chi connectivity index (χ0n) is 14.8. The number of amides is 1. The number of carbonyl (C=O) groups excluding carboxylic acids is 1. The number of hydrogen-bond acceptors (Lipinski definition) is 5. The molecule has 0 atom stereocenters. The van der Waals surface area contributed by atoms with E-state index in [1.807, 2.05) is 14.1 Å². The Kier molecular flexibility index (Phi) is 12.5. The predicted octanol–water partition coefficient (Wildman–Crippen LogP) is -0.176. The van der Waals surface area contributed by atoms with Gasteiger partial charge in [0.05, 0.1) is 27.3 Å². The van der Waals surface area contributed by atoms with E-state index in [1.54, 1.807) is 0 Å². The highest BCUT2D eigenvalue weighted by atomic mass is 31.2. The summed E-state index contributed by atoms with van der Waals surface area (Å²) < 4.78 is 21.0. The summed E-state index contributed by atoms with van der Waals surface area (Å²) in [4.78, 5) is 28.8. The van der Waals surface area contributed by atoms with Crippen molar-refractivity contribution in [2.45, 2.75) is 25.7 Å². The Morgan fingerprint density at radius 3 is 2.42 bits per heavy atom. The molecule has 0 saturated heterocycles. The molecule has 0 radical (unpaired) electrons. The number of unbranched alkanes of at least 4 members (excludes halogenated alkanes) is 2. The summed E-state index contributed by atoms with van der Waals surface area (Å²) in [5.74, 6) is 0.0290. The molecule has 0 aromatic heterocycles. The van der Waals surface area contributed by atoms with E-state index in [1.165, 1.54) is 0 Å². The number of ether oxygens (including phenoxy) is 1. The molecule has 0 aromatic carbocycles. The van der Waals surface area contributed by atoms with Crippen molar-refractivity contribution in [1.29, 1.82) is 0 Å². The molecule has 0 aliphatic heterocycles. The van der Waals surface area contributed by atoms with Crippen LogP contribution in [0.15, 0.2) is 0 Å². The van der Waals surface area contributed by atoms with E-state index in [2.05, 4.69) is 9.84 Å². The summed E-state index contributed by atoms with van der Waals surface area (Å²) in [6.45, 7) is 3.20. The number of carbonyl (C=O) groups is 1. The van der Waals surface area contributed by atoms with Crippen LogP contribution in [0.1, 0.15) is 25.7 Å². The fourth-order valence-corrected chi connectivity index (χ4v) is 2.21. The first-order valence-electron chi connectivity index (χ1n) is 8.23. The van der Waals surface area contributed by atoms with Gasteiger partial charge in [-0.2, -0.15) is 0 Å². The van der Waals surface area contributed by atoms with Crippen LogP contribution < -0.4 is 11.1 Å². The van der Waals surface area contributed by atoms with Crippen LogP contribution in [0.25, 0.3) is 0 Å². The minimum absolute atomic E-state index is 0.0164. The predicted molar refractivity (Wildman–Crippen MR) is 91.2 cm³/mol. The van der Waals surface area contributed by atoms with Crippen LogP contribution in [0.2, 0.25) is 0 Å². The van der Waals surface area contributed by atoms with Gasteiger partial charge in [-0.05, 0) is 19.4 Å². The number of nitrogens with one attached hydrogen (secondary N) is 1. The lowest BCUT2D eigenvalue weighted by molar-refractivity contribution is -0.890. The van der Waals surface area contributed by atoms with Crippen molar-refractivity contribution in [2.24, 2.45) is 5.73 Å². The van der Waals surface area contributed by atoms with E-state index in [0.717, 1.165) is 19.3 Å². The summed E-state index contributed by atoms with van der Waals surface area (Å²) in [6.07, 6.45) is 3.29. The van der Waals surface area contributed by atoms with Crippen molar-refractivity contribution in [3.8, 4) is 0 Å². The fourth-order valence-electron chi connectivity index (χ4n) is 1.89. The first kappa shape index (κ1) is 23.5. The van der Waals surface area contributed by atoms with Gasteiger partial charge in [0, 0.05) is 13.0 Å². The van der Waals surface area contributed by atoms with Gasteiger partial charge in [-0.3, -0.25) is 9.32 Å². The minimum atomic E-state index is -4.40. The molecule has 0 aromatic rings. The second kappa shape index (κ2) is 12.8. The number of phosphoric ester groups is 1. The monoisotopic (exact) mass is 370 g/mol. The normalized spacial score (nSPS) is 12.4. The number of nitrogens with zero attached hydrogens (tertiary/aromatic N) is 1. The second-order valence-electron chi connectivity index (χ2n) is 6.27. The van der Waals surface area contributed by atoms with Crippen LogP contribution in [-0.4, -0.2) is 80.3 Å². The molecule has 0 bridgehead atoms. The van der Waals surface area contributed by atoms with Crippen LogP contribution >= 0.6 is 7.82 Å². The Hall–Kier alpha value is -0.540. The van der Waals surface area contributed by atoms with Gasteiger partial charge in [0.15, 0.2) is 0 Å². The largest absolute Gasteiger partial charge is 0.469 e. The Labute approximate surface area is 144 Å². The Morgan fingerprint density at radius 1 is 1.12 bits per heavy atom. The van der Waals surface area contributed by atoms with Crippen molar-refractivity contribution < 1.29 is 32.9 Å². The first-order valence-corrected chi connectivity index (χ1v) is 9.76. The van der Waals surface area contributed by atoms with E-state index in [4.69, 9.17) is 20.3 Å². The Bertz CT molecular complexity index is 389. The van der Waals surface area contributed by atoms with Crippen LogP contribution in [-0.2, 0) is 18.6 Å². The highest BCUT2D eigenvalue weighted by Gasteiger charge is 2.19. The van der Waals surface area contributed by atoms with Crippen molar-refractivity contribution in [2.75, 3.05) is 60.1 Å². The fraction of sp³-hybridized carbons (Fsp3) is 0.929. The molecule has 0 aliphatic carbocycles. The van der Waals surface area contributed by atoms with Gasteiger partial charge < -0.3 is 30.1 Å². The first-order chi connectivity index (χ1) is 11.2. The molecule has 9 nitrogen and oxygen atoms in total. The third-order valence-corrected chi connectivity index (χ3v) is 3.99. The standard InChI is InChI=1S/C14H32N3O6P/c1-17(2,10-13-23-24(19,20)21)9-12-22-11-8-16-14(18)6-4-3-5-7-15/h3-13,15H2,1-2H3,(H2-,16,18,19,20,21)/p+1.